The number of anilines is 4. The van der Waals surface area contributed by atoms with Crippen LogP contribution in [-0.4, -0.2) is 15.0 Å². The van der Waals surface area contributed by atoms with Crippen molar-refractivity contribution in [3.8, 4) is 11.1 Å². The molecule has 3 heterocycles. The number of hydrogen-bond donors (Lipinski definition) is 2. The van der Waals surface area contributed by atoms with Crippen LogP contribution in [0.5, 0.6) is 0 Å². The summed E-state index contributed by atoms with van der Waals surface area (Å²) in [5, 5.41) is 9.75. The highest BCUT2D eigenvalue weighted by Gasteiger charge is 2.13. The SMILES string of the molecule is Cc1ccc2c(Nc3ccc(Cl)cc3)nccc2c1Nc1ncccc1-c1ccncc1. The third-order valence-electron chi connectivity index (χ3n) is 5.30. The van der Waals surface area contributed by atoms with Crippen LogP contribution in [0.15, 0.2) is 91.5 Å². The van der Waals surface area contributed by atoms with Gasteiger partial charge in [0.05, 0.1) is 5.69 Å². The molecule has 0 unspecified atom stereocenters. The zero-order valence-corrected chi connectivity index (χ0v) is 18.1. The molecule has 5 nitrogen and oxygen atoms in total. The van der Waals surface area contributed by atoms with Crippen molar-refractivity contribution in [1.82, 2.24) is 15.0 Å². The summed E-state index contributed by atoms with van der Waals surface area (Å²) in [6, 6.07) is 21.7. The smallest absolute Gasteiger partial charge is 0.138 e. The van der Waals surface area contributed by atoms with Gasteiger partial charge in [0.15, 0.2) is 0 Å². The number of benzene rings is 2. The minimum atomic E-state index is 0.698. The number of halogens is 1. The van der Waals surface area contributed by atoms with E-state index >= 15 is 0 Å². The summed E-state index contributed by atoms with van der Waals surface area (Å²) in [6.07, 6.45) is 7.18. The Bertz CT molecular complexity index is 1390. The van der Waals surface area contributed by atoms with Crippen molar-refractivity contribution in [3.05, 3.63) is 102 Å². The van der Waals surface area contributed by atoms with E-state index in [-0.39, 0.29) is 0 Å². The lowest BCUT2D eigenvalue weighted by Gasteiger charge is -2.17. The van der Waals surface area contributed by atoms with Crippen LogP contribution in [0, 0.1) is 6.92 Å². The van der Waals surface area contributed by atoms with Crippen molar-refractivity contribution >= 4 is 45.4 Å². The van der Waals surface area contributed by atoms with E-state index < -0.39 is 0 Å². The van der Waals surface area contributed by atoms with Gasteiger partial charge in [-0.05, 0) is 72.6 Å². The molecule has 0 saturated heterocycles. The largest absolute Gasteiger partial charge is 0.340 e. The maximum Gasteiger partial charge on any atom is 0.138 e. The van der Waals surface area contributed by atoms with Crippen LogP contribution >= 0.6 is 11.6 Å². The number of nitrogens with one attached hydrogen (secondary N) is 2. The van der Waals surface area contributed by atoms with Crippen LogP contribution in [0.3, 0.4) is 0 Å². The van der Waals surface area contributed by atoms with Crippen molar-refractivity contribution in [3.63, 3.8) is 0 Å². The molecule has 0 aliphatic heterocycles. The molecule has 0 atom stereocenters. The number of fused-ring (bicyclic) bond motifs is 1. The van der Waals surface area contributed by atoms with Gasteiger partial charge in [-0.2, -0.15) is 0 Å². The fraction of sp³-hybridized carbons (Fsp3) is 0.0385. The number of pyridine rings is 3. The highest BCUT2D eigenvalue weighted by Crippen LogP contribution is 2.36. The lowest BCUT2D eigenvalue weighted by molar-refractivity contribution is 1.29. The highest BCUT2D eigenvalue weighted by atomic mass is 35.5. The summed E-state index contributed by atoms with van der Waals surface area (Å²) >= 11 is 6.02. The van der Waals surface area contributed by atoms with Crippen LogP contribution in [0.1, 0.15) is 5.56 Å². The average molecular weight is 438 g/mol. The van der Waals surface area contributed by atoms with Gasteiger partial charge < -0.3 is 10.6 Å². The molecule has 0 amide bonds. The number of aryl methyl sites for hydroxylation is 1. The van der Waals surface area contributed by atoms with Crippen molar-refractivity contribution < 1.29 is 0 Å². The molecular weight excluding hydrogens is 418 g/mol. The van der Waals surface area contributed by atoms with E-state index in [2.05, 4.69) is 50.7 Å². The Morgan fingerprint density at radius 1 is 0.688 bits per heavy atom. The molecule has 0 aliphatic rings. The zero-order chi connectivity index (χ0) is 21.9. The Kier molecular flexibility index (Phi) is 5.40. The quantitative estimate of drug-likeness (QED) is 0.306. The summed E-state index contributed by atoms with van der Waals surface area (Å²) in [6.45, 7) is 2.09. The molecule has 5 rings (SSSR count). The zero-order valence-electron chi connectivity index (χ0n) is 17.4. The van der Waals surface area contributed by atoms with Gasteiger partial charge in [0.1, 0.15) is 11.6 Å². The number of rotatable bonds is 5. The molecule has 0 saturated carbocycles. The third-order valence-corrected chi connectivity index (χ3v) is 5.56. The second-order valence-corrected chi connectivity index (χ2v) is 7.84. The summed E-state index contributed by atoms with van der Waals surface area (Å²) in [5.41, 5.74) is 5.11. The van der Waals surface area contributed by atoms with Crippen molar-refractivity contribution in [2.75, 3.05) is 10.6 Å². The van der Waals surface area contributed by atoms with E-state index in [1.165, 1.54) is 0 Å². The molecule has 3 aromatic heterocycles. The Hall–Kier alpha value is -3.96. The molecule has 5 aromatic rings. The first-order valence-electron chi connectivity index (χ1n) is 10.2. The summed E-state index contributed by atoms with van der Waals surface area (Å²) in [7, 11) is 0. The van der Waals surface area contributed by atoms with Gasteiger partial charge in [0, 0.05) is 51.8 Å². The van der Waals surface area contributed by atoms with Gasteiger partial charge in [0.2, 0.25) is 0 Å². The average Bonchev–Trinajstić information content (AvgIpc) is 2.83. The topological polar surface area (TPSA) is 62.7 Å². The van der Waals surface area contributed by atoms with Gasteiger partial charge >= 0.3 is 0 Å². The molecule has 6 heteroatoms. The third kappa shape index (κ3) is 3.98. The number of hydrogen-bond acceptors (Lipinski definition) is 5. The summed E-state index contributed by atoms with van der Waals surface area (Å²) in [4.78, 5) is 13.3. The van der Waals surface area contributed by atoms with Gasteiger partial charge in [-0.15, -0.1) is 0 Å². The molecule has 32 heavy (non-hydrogen) atoms. The van der Waals surface area contributed by atoms with E-state index in [1.807, 2.05) is 54.7 Å². The highest BCUT2D eigenvalue weighted by molar-refractivity contribution is 6.30. The summed E-state index contributed by atoms with van der Waals surface area (Å²) in [5.74, 6) is 1.57. The molecule has 0 aliphatic carbocycles. The number of nitrogens with zero attached hydrogens (tertiary/aromatic N) is 3. The molecule has 0 fully saturated rings. The van der Waals surface area contributed by atoms with Crippen LogP contribution in [-0.2, 0) is 0 Å². The van der Waals surface area contributed by atoms with Gasteiger partial charge in [-0.3, -0.25) is 4.98 Å². The van der Waals surface area contributed by atoms with Crippen LogP contribution in [0.4, 0.5) is 23.0 Å². The molecule has 156 valence electrons. The van der Waals surface area contributed by atoms with Gasteiger partial charge in [-0.25, -0.2) is 9.97 Å². The predicted molar refractivity (Wildman–Crippen MR) is 132 cm³/mol. The van der Waals surface area contributed by atoms with Crippen LogP contribution in [0.2, 0.25) is 5.02 Å². The van der Waals surface area contributed by atoms with Crippen LogP contribution in [0.25, 0.3) is 21.9 Å². The van der Waals surface area contributed by atoms with Crippen LogP contribution < -0.4 is 10.6 Å². The maximum atomic E-state index is 6.02. The summed E-state index contributed by atoms with van der Waals surface area (Å²) < 4.78 is 0. The first kappa shape index (κ1) is 20.0. The molecule has 0 radical (unpaired) electrons. The maximum absolute atomic E-state index is 6.02. The molecule has 0 spiro atoms. The Morgan fingerprint density at radius 3 is 2.28 bits per heavy atom. The minimum absolute atomic E-state index is 0.698. The molecule has 2 aromatic carbocycles. The number of aromatic nitrogens is 3. The van der Waals surface area contributed by atoms with Crippen molar-refractivity contribution in [2.45, 2.75) is 6.92 Å². The Labute approximate surface area is 191 Å². The second-order valence-electron chi connectivity index (χ2n) is 7.40. The second kappa shape index (κ2) is 8.65. The first-order chi connectivity index (χ1) is 15.7. The van der Waals surface area contributed by atoms with E-state index in [9.17, 15) is 0 Å². The van der Waals surface area contributed by atoms with Gasteiger partial charge in [-0.1, -0.05) is 23.7 Å². The van der Waals surface area contributed by atoms with Gasteiger partial charge in [0.25, 0.3) is 0 Å². The van der Waals surface area contributed by atoms with E-state index in [4.69, 9.17) is 11.6 Å². The molecule has 0 bridgehead atoms. The Balaban J connectivity index is 1.57. The van der Waals surface area contributed by atoms with E-state index in [0.29, 0.717) is 5.02 Å². The monoisotopic (exact) mass is 437 g/mol. The fourth-order valence-electron chi connectivity index (χ4n) is 3.69. The minimum Gasteiger partial charge on any atom is -0.340 e. The first-order valence-corrected chi connectivity index (χ1v) is 10.6. The lowest BCUT2D eigenvalue weighted by atomic mass is 10.0. The lowest BCUT2D eigenvalue weighted by Crippen LogP contribution is -2.01. The molecular formula is C26H20ClN5. The normalized spacial score (nSPS) is 10.8. The van der Waals surface area contributed by atoms with Crippen molar-refractivity contribution in [2.24, 2.45) is 0 Å². The van der Waals surface area contributed by atoms with Crippen molar-refractivity contribution in [1.29, 1.82) is 0 Å². The van der Waals surface area contributed by atoms with E-state index in [0.717, 1.165) is 50.5 Å². The Morgan fingerprint density at radius 2 is 1.47 bits per heavy atom. The fourth-order valence-corrected chi connectivity index (χ4v) is 3.81. The van der Waals surface area contributed by atoms with E-state index in [1.54, 1.807) is 18.6 Å². The predicted octanol–water partition coefficient (Wildman–Crippen LogP) is 7.14. The standard InChI is InChI=1S/C26H20ClN5/c1-17-4-9-23-22(12-16-30-26(23)31-20-7-5-19(27)6-8-20)24(17)32-25-21(3-2-13-29-25)18-10-14-28-15-11-18/h2-16H,1H3,(H,29,32)(H,30,31). The molecule has 2 N–H and O–H groups in total.